The Balaban J connectivity index is 2.11. The second kappa shape index (κ2) is 12.2. The van der Waals surface area contributed by atoms with Gasteiger partial charge in [-0.3, -0.25) is 0 Å². The Morgan fingerprint density at radius 3 is 1.37 bits per heavy atom. The SMILES string of the molecule is O=C(OCc1ccccc1)N(CC(O)Cl)N(CC(O)Cl)C(=O)OCc1ccccc1. The van der Waals surface area contributed by atoms with Crippen LogP contribution in [-0.2, 0) is 22.7 Å². The van der Waals surface area contributed by atoms with E-state index in [1.54, 1.807) is 48.5 Å². The van der Waals surface area contributed by atoms with Crippen molar-refractivity contribution in [2.75, 3.05) is 13.1 Å². The molecule has 0 aliphatic rings. The van der Waals surface area contributed by atoms with Gasteiger partial charge in [0.25, 0.3) is 0 Å². The molecule has 30 heavy (non-hydrogen) atoms. The Morgan fingerprint density at radius 1 is 0.733 bits per heavy atom. The van der Waals surface area contributed by atoms with E-state index in [2.05, 4.69) is 0 Å². The number of hydrazine groups is 1. The maximum atomic E-state index is 12.6. The summed E-state index contributed by atoms with van der Waals surface area (Å²) in [5.41, 5.74) is -1.59. The largest absolute Gasteiger partial charge is 0.443 e. The third-order valence-electron chi connectivity index (χ3n) is 3.77. The maximum Gasteiger partial charge on any atom is 0.429 e. The molecule has 0 spiro atoms. The molecule has 0 aliphatic carbocycles. The summed E-state index contributed by atoms with van der Waals surface area (Å²) in [5.74, 6) is 0. The van der Waals surface area contributed by atoms with Crippen molar-refractivity contribution in [3.8, 4) is 0 Å². The van der Waals surface area contributed by atoms with Crippen LogP contribution in [0.1, 0.15) is 11.1 Å². The summed E-state index contributed by atoms with van der Waals surface area (Å²) >= 11 is 11.2. The number of halogens is 2. The average molecular weight is 457 g/mol. The molecule has 2 amide bonds. The van der Waals surface area contributed by atoms with Gasteiger partial charge in [0.1, 0.15) is 24.3 Å². The van der Waals surface area contributed by atoms with E-state index in [9.17, 15) is 19.8 Å². The number of aliphatic hydroxyl groups excluding tert-OH is 2. The summed E-state index contributed by atoms with van der Waals surface area (Å²) < 4.78 is 10.4. The van der Waals surface area contributed by atoms with E-state index < -0.39 is 36.4 Å². The number of benzene rings is 2. The maximum absolute atomic E-state index is 12.6. The van der Waals surface area contributed by atoms with Gasteiger partial charge in [0, 0.05) is 0 Å². The molecule has 10 heteroatoms. The van der Waals surface area contributed by atoms with Gasteiger partial charge in [0.15, 0.2) is 0 Å². The first-order valence-electron chi connectivity index (χ1n) is 8.97. The highest BCUT2D eigenvalue weighted by Gasteiger charge is 2.31. The van der Waals surface area contributed by atoms with Gasteiger partial charge in [0.2, 0.25) is 0 Å². The summed E-state index contributed by atoms with van der Waals surface area (Å²) in [6, 6.07) is 17.7. The predicted molar refractivity (Wildman–Crippen MR) is 110 cm³/mol. The third-order valence-corrected chi connectivity index (χ3v) is 4.05. The van der Waals surface area contributed by atoms with Crippen molar-refractivity contribution in [1.29, 1.82) is 0 Å². The van der Waals surface area contributed by atoms with Crippen molar-refractivity contribution in [2.24, 2.45) is 0 Å². The molecule has 0 bridgehead atoms. The van der Waals surface area contributed by atoms with E-state index in [0.717, 1.165) is 10.0 Å². The van der Waals surface area contributed by atoms with Crippen molar-refractivity contribution >= 4 is 35.4 Å². The number of hydrogen-bond donors (Lipinski definition) is 2. The molecule has 0 aromatic heterocycles. The number of amides is 2. The van der Waals surface area contributed by atoms with Gasteiger partial charge < -0.3 is 19.7 Å². The highest BCUT2D eigenvalue weighted by Crippen LogP contribution is 2.13. The summed E-state index contributed by atoms with van der Waals surface area (Å²) in [4.78, 5) is 25.2. The first-order valence-corrected chi connectivity index (χ1v) is 9.84. The van der Waals surface area contributed by atoms with E-state index in [1.165, 1.54) is 0 Å². The summed E-state index contributed by atoms with van der Waals surface area (Å²) in [5, 5.41) is 20.6. The van der Waals surface area contributed by atoms with Crippen LogP contribution in [0.3, 0.4) is 0 Å². The minimum Gasteiger partial charge on any atom is -0.443 e. The third kappa shape index (κ3) is 8.08. The molecule has 2 atom stereocenters. The van der Waals surface area contributed by atoms with Gasteiger partial charge in [-0.1, -0.05) is 83.9 Å². The molecule has 2 aromatic rings. The lowest BCUT2D eigenvalue weighted by molar-refractivity contribution is -0.0449. The van der Waals surface area contributed by atoms with E-state index in [0.29, 0.717) is 11.1 Å². The molecule has 2 rings (SSSR count). The highest BCUT2D eigenvalue weighted by atomic mass is 35.5. The molecule has 0 fully saturated rings. The Morgan fingerprint density at radius 2 is 1.07 bits per heavy atom. The normalized spacial score (nSPS) is 12.5. The van der Waals surface area contributed by atoms with Crippen molar-refractivity contribution in [3.63, 3.8) is 0 Å². The molecule has 0 saturated heterocycles. The van der Waals surface area contributed by atoms with E-state index in [4.69, 9.17) is 32.7 Å². The molecule has 0 saturated carbocycles. The monoisotopic (exact) mass is 456 g/mol. The van der Waals surface area contributed by atoms with Crippen LogP contribution in [0.5, 0.6) is 0 Å². The molecule has 2 N–H and O–H groups in total. The number of carbonyl (C=O) groups is 2. The van der Waals surface area contributed by atoms with Crippen LogP contribution < -0.4 is 0 Å². The van der Waals surface area contributed by atoms with Gasteiger partial charge in [0.05, 0.1) is 13.1 Å². The number of rotatable bonds is 8. The number of alkyl halides is 2. The van der Waals surface area contributed by atoms with Crippen molar-refractivity contribution in [2.45, 2.75) is 24.3 Å². The fraction of sp³-hybridized carbons (Fsp3) is 0.300. The molecule has 2 unspecified atom stereocenters. The molecular weight excluding hydrogens is 435 g/mol. The Hall–Kier alpha value is -2.52. The van der Waals surface area contributed by atoms with Crippen LogP contribution >= 0.6 is 23.2 Å². The first-order chi connectivity index (χ1) is 14.4. The first kappa shape index (κ1) is 23.8. The quantitative estimate of drug-likeness (QED) is 0.466. The fourth-order valence-corrected chi connectivity index (χ4v) is 2.68. The average Bonchev–Trinajstić information content (AvgIpc) is 2.74. The Bertz CT molecular complexity index is 725. The van der Waals surface area contributed by atoms with E-state index in [1.807, 2.05) is 12.1 Å². The van der Waals surface area contributed by atoms with Gasteiger partial charge >= 0.3 is 12.2 Å². The minimum atomic E-state index is -1.51. The zero-order valence-corrected chi connectivity index (χ0v) is 17.4. The lowest BCUT2D eigenvalue weighted by Gasteiger charge is -2.33. The van der Waals surface area contributed by atoms with Crippen LogP contribution in [0.4, 0.5) is 9.59 Å². The van der Waals surface area contributed by atoms with Crippen LogP contribution in [0, 0.1) is 0 Å². The number of hydrogen-bond acceptors (Lipinski definition) is 6. The summed E-state index contributed by atoms with van der Waals surface area (Å²) in [7, 11) is 0. The fourth-order valence-electron chi connectivity index (χ4n) is 2.42. The second-order valence-corrected chi connectivity index (χ2v) is 7.12. The molecule has 162 valence electrons. The van der Waals surface area contributed by atoms with Crippen LogP contribution in [0.25, 0.3) is 0 Å². The molecule has 8 nitrogen and oxygen atoms in total. The van der Waals surface area contributed by atoms with E-state index in [-0.39, 0.29) is 13.2 Å². The lowest BCUT2D eigenvalue weighted by atomic mass is 10.2. The zero-order chi connectivity index (χ0) is 21.9. The second-order valence-electron chi connectivity index (χ2n) is 6.11. The standard InChI is InChI=1S/C20H22Cl2N2O6/c21-17(25)11-23(19(27)29-13-15-7-3-1-4-8-15)24(12-18(22)26)20(28)30-14-16-9-5-2-6-10-16/h1-10,17-18,25-26H,11-14H2. The molecule has 0 heterocycles. The van der Waals surface area contributed by atoms with Gasteiger partial charge in [-0.15, -0.1) is 0 Å². The zero-order valence-electron chi connectivity index (χ0n) is 15.9. The number of aliphatic hydroxyl groups is 2. The predicted octanol–water partition coefficient (Wildman–Crippen LogP) is 3.29. The smallest absolute Gasteiger partial charge is 0.429 e. The summed E-state index contributed by atoms with van der Waals surface area (Å²) in [6.45, 7) is -1.16. The van der Waals surface area contributed by atoms with Crippen molar-refractivity contribution in [3.05, 3.63) is 71.8 Å². The topological polar surface area (TPSA) is 99.5 Å². The van der Waals surface area contributed by atoms with Gasteiger partial charge in [-0.05, 0) is 11.1 Å². The van der Waals surface area contributed by atoms with Crippen LogP contribution in [0.2, 0.25) is 0 Å². The van der Waals surface area contributed by atoms with Crippen molar-refractivity contribution in [1.82, 2.24) is 10.0 Å². The minimum absolute atomic E-state index is 0.0785. The number of ether oxygens (including phenoxy) is 2. The number of carbonyl (C=O) groups excluding carboxylic acids is 2. The van der Waals surface area contributed by atoms with Gasteiger partial charge in [-0.2, -0.15) is 0 Å². The van der Waals surface area contributed by atoms with E-state index >= 15 is 0 Å². The number of nitrogens with zero attached hydrogens (tertiary/aromatic N) is 2. The molecule has 0 radical (unpaired) electrons. The van der Waals surface area contributed by atoms with Crippen LogP contribution in [0.15, 0.2) is 60.7 Å². The lowest BCUT2D eigenvalue weighted by Crippen LogP contribution is -2.54. The molecule has 2 aromatic carbocycles. The van der Waals surface area contributed by atoms with Gasteiger partial charge in [-0.25, -0.2) is 19.6 Å². The molecule has 0 aliphatic heterocycles. The summed E-state index contributed by atoms with van der Waals surface area (Å²) in [6.07, 6.45) is -1.96. The molecular formula is C20H22Cl2N2O6. The highest BCUT2D eigenvalue weighted by molar-refractivity contribution is 6.20. The Kier molecular flexibility index (Phi) is 9.69. The Labute approximate surface area is 184 Å². The van der Waals surface area contributed by atoms with Crippen molar-refractivity contribution < 1.29 is 29.3 Å². The van der Waals surface area contributed by atoms with Crippen LogP contribution in [-0.4, -0.2) is 56.6 Å².